The van der Waals surface area contributed by atoms with Gasteiger partial charge in [-0.2, -0.15) is 0 Å². The molecule has 0 spiro atoms. The van der Waals surface area contributed by atoms with Gasteiger partial charge in [0.1, 0.15) is 0 Å². The number of ketones is 1. The van der Waals surface area contributed by atoms with Crippen molar-refractivity contribution in [1.82, 2.24) is 0 Å². The molecule has 0 saturated carbocycles. The van der Waals surface area contributed by atoms with Gasteiger partial charge in [0, 0.05) is 5.57 Å². The molecule has 4 heteroatoms. The van der Waals surface area contributed by atoms with Crippen LogP contribution in [0.1, 0.15) is 13.8 Å². The van der Waals surface area contributed by atoms with Crippen molar-refractivity contribution in [3.63, 3.8) is 0 Å². The summed E-state index contributed by atoms with van der Waals surface area (Å²) in [6.07, 6.45) is 1.22. The van der Waals surface area contributed by atoms with E-state index in [1.807, 2.05) is 0 Å². The first kappa shape index (κ1) is 29.5. The van der Waals surface area contributed by atoms with E-state index in [-0.39, 0.29) is 55.4 Å². The van der Waals surface area contributed by atoms with Gasteiger partial charge >= 0.3 is 27.7 Å². The topological polar surface area (TPSA) is 43.4 Å². The number of ether oxygens (including phenoxy) is 1. The molecule has 0 fully saturated rings. The van der Waals surface area contributed by atoms with Gasteiger partial charge in [0.05, 0.1) is 7.11 Å². The van der Waals surface area contributed by atoms with E-state index in [9.17, 15) is 9.59 Å². The SMILES string of the molecule is C=C(C)C(=O)/C=C(/C)C(=O)OC.[CH3-].[CH3-].[CH3-].[Ti+3]. The molecule has 0 bridgehead atoms. The van der Waals surface area contributed by atoms with E-state index in [0.29, 0.717) is 5.57 Å². The Morgan fingerprint density at radius 3 is 1.75 bits per heavy atom. The predicted octanol–water partition coefficient (Wildman–Crippen LogP) is 2.60. The second kappa shape index (κ2) is 14.3. The van der Waals surface area contributed by atoms with Gasteiger partial charge < -0.3 is 27.0 Å². The van der Waals surface area contributed by atoms with Crippen LogP contribution in [-0.2, 0) is 36.0 Å². The average molecular weight is 261 g/mol. The molecule has 91 valence electrons. The van der Waals surface area contributed by atoms with Gasteiger partial charge in [-0.15, -0.1) is 0 Å². The minimum Gasteiger partial charge on any atom is -0.466 e. The Labute approximate surface area is 115 Å². The summed E-state index contributed by atoms with van der Waals surface area (Å²) in [4.78, 5) is 21.8. The van der Waals surface area contributed by atoms with E-state index in [1.165, 1.54) is 20.1 Å². The summed E-state index contributed by atoms with van der Waals surface area (Å²) < 4.78 is 4.40. The molecule has 0 heterocycles. The van der Waals surface area contributed by atoms with Crippen LogP contribution in [0.15, 0.2) is 23.8 Å². The Kier molecular flexibility index (Phi) is 26.4. The monoisotopic (exact) mass is 261 g/mol. The van der Waals surface area contributed by atoms with Gasteiger partial charge in [-0.1, -0.05) is 6.58 Å². The van der Waals surface area contributed by atoms with E-state index in [4.69, 9.17) is 0 Å². The second-order valence-corrected chi connectivity index (χ2v) is 2.46. The molecule has 0 unspecified atom stereocenters. The van der Waals surface area contributed by atoms with E-state index >= 15 is 0 Å². The van der Waals surface area contributed by atoms with Crippen molar-refractivity contribution >= 4 is 11.8 Å². The first-order chi connectivity index (χ1) is 5.49. The van der Waals surface area contributed by atoms with E-state index in [0.717, 1.165) is 0 Å². The molecule has 0 aliphatic rings. The minimum absolute atomic E-state index is 0. The maximum absolute atomic E-state index is 11.0. The van der Waals surface area contributed by atoms with Gasteiger partial charge in [0.15, 0.2) is 5.78 Å². The first-order valence-electron chi connectivity index (χ1n) is 3.45. The quantitative estimate of drug-likeness (QED) is 0.339. The Morgan fingerprint density at radius 2 is 1.50 bits per heavy atom. The van der Waals surface area contributed by atoms with Crippen LogP contribution in [0.2, 0.25) is 0 Å². The third-order valence-corrected chi connectivity index (χ3v) is 1.28. The van der Waals surface area contributed by atoms with Gasteiger partial charge in [-0.25, -0.2) is 4.79 Å². The van der Waals surface area contributed by atoms with E-state index in [1.54, 1.807) is 6.92 Å². The molecule has 16 heavy (non-hydrogen) atoms. The smallest absolute Gasteiger partial charge is 0.466 e. The number of esters is 1. The number of hydrogen-bond donors (Lipinski definition) is 0. The Bertz CT molecular complexity index is 255. The summed E-state index contributed by atoms with van der Waals surface area (Å²) in [6.45, 7) is 6.55. The molecule has 0 aromatic carbocycles. The number of carbonyl (C=O) groups is 2. The van der Waals surface area contributed by atoms with Gasteiger partial charge in [-0.3, -0.25) is 4.79 Å². The first-order valence-corrected chi connectivity index (χ1v) is 3.45. The maximum Gasteiger partial charge on any atom is 3.00 e. The molecule has 0 aliphatic heterocycles. The van der Waals surface area contributed by atoms with Crippen molar-refractivity contribution in [1.29, 1.82) is 0 Å². The van der Waals surface area contributed by atoms with Crippen LogP contribution < -0.4 is 0 Å². The third kappa shape index (κ3) is 11.4. The average Bonchev–Trinajstić information content (AvgIpc) is 2.02. The fraction of sp³-hybridized carbons (Fsp3) is 0.250. The zero-order chi connectivity index (χ0) is 9.72. The number of allylic oxidation sites excluding steroid dienone is 2. The van der Waals surface area contributed by atoms with Crippen molar-refractivity contribution in [2.45, 2.75) is 13.8 Å². The molecule has 0 atom stereocenters. The normalized spacial score (nSPS) is 8.06. The summed E-state index contributed by atoms with van der Waals surface area (Å²) >= 11 is 0. The van der Waals surface area contributed by atoms with Gasteiger partial charge in [0.2, 0.25) is 0 Å². The van der Waals surface area contributed by atoms with Crippen LogP contribution in [-0.4, -0.2) is 18.9 Å². The molecule has 1 radical (unpaired) electrons. The van der Waals surface area contributed by atoms with E-state index < -0.39 is 5.97 Å². The zero-order valence-corrected chi connectivity index (χ0v) is 12.6. The van der Waals surface area contributed by atoms with Crippen LogP contribution in [0.25, 0.3) is 0 Å². The standard InChI is InChI=1S/C9H12O3.3CH3.Ti/c1-6(2)8(10)5-7(3)9(11)12-4;;;;/h5H,1H2,2-4H3;3*1H3;/q;3*-1;+3/b7-5-;;;;. The molecule has 0 saturated heterocycles. The summed E-state index contributed by atoms with van der Waals surface area (Å²) in [5.74, 6) is -0.748. The third-order valence-electron chi connectivity index (χ3n) is 1.28. The molecule has 0 aromatic rings. The van der Waals surface area contributed by atoms with Crippen molar-refractivity contribution < 1.29 is 36.0 Å². The summed E-state index contributed by atoms with van der Waals surface area (Å²) in [6, 6.07) is 0. The Morgan fingerprint density at radius 1 is 1.12 bits per heavy atom. The molecule has 0 aromatic heterocycles. The number of hydrogen-bond acceptors (Lipinski definition) is 3. The molecular formula is C12H21O3Ti. The molecule has 0 aliphatic carbocycles. The van der Waals surface area contributed by atoms with Crippen molar-refractivity contribution in [3.05, 3.63) is 46.1 Å². The molecule has 3 nitrogen and oxygen atoms in total. The number of carbonyl (C=O) groups excluding carboxylic acids is 2. The van der Waals surface area contributed by atoms with Gasteiger partial charge in [0.25, 0.3) is 0 Å². The zero-order valence-electron chi connectivity index (χ0n) is 11.0. The van der Waals surface area contributed by atoms with Gasteiger partial charge in [-0.05, 0) is 25.5 Å². The molecule has 0 amide bonds. The summed E-state index contributed by atoms with van der Waals surface area (Å²) in [7, 11) is 1.27. The largest absolute Gasteiger partial charge is 3.00 e. The predicted molar refractivity (Wildman–Crippen MR) is 64.8 cm³/mol. The Hall–Kier alpha value is -0.666. The maximum atomic E-state index is 11.0. The molecule has 0 N–H and O–H groups in total. The van der Waals surface area contributed by atoms with Crippen LogP contribution in [0.3, 0.4) is 0 Å². The fourth-order valence-electron chi connectivity index (χ4n) is 0.540. The van der Waals surface area contributed by atoms with E-state index in [2.05, 4.69) is 11.3 Å². The van der Waals surface area contributed by atoms with Crippen LogP contribution in [0.5, 0.6) is 0 Å². The van der Waals surface area contributed by atoms with Crippen molar-refractivity contribution in [2.75, 3.05) is 7.11 Å². The van der Waals surface area contributed by atoms with Crippen molar-refractivity contribution in [3.8, 4) is 0 Å². The number of methoxy groups -OCH3 is 1. The van der Waals surface area contributed by atoms with Crippen LogP contribution in [0, 0.1) is 22.3 Å². The number of rotatable bonds is 3. The minimum atomic E-state index is -0.496. The molecule has 0 rings (SSSR count). The van der Waals surface area contributed by atoms with Crippen LogP contribution >= 0.6 is 0 Å². The Balaban J connectivity index is -0.000000101. The summed E-state index contributed by atoms with van der Waals surface area (Å²) in [5.41, 5.74) is 0.684. The summed E-state index contributed by atoms with van der Waals surface area (Å²) in [5, 5.41) is 0. The second-order valence-electron chi connectivity index (χ2n) is 2.46. The van der Waals surface area contributed by atoms with Crippen molar-refractivity contribution in [2.24, 2.45) is 0 Å². The fourth-order valence-corrected chi connectivity index (χ4v) is 0.540. The van der Waals surface area contributed by atoms with Crippen LogP contribution in [0.4, 0.5) is 0 Å². The molecular weight excluding hydrogens is 240 g/mol.